The monoisotopic (exact) mass is 296 g/mol. The number of halogens is 1. The van der Waals surface area contributed by atoms with E-state index >= 15 is 0 Å². The Balaban J connectivity index is 2.36. The van der Waals surface area contributed by atoms with Gasteiger partial charge in [-0.15, -0.1) is 0 Å². The minimum atomic E-state index is -0.464. The summed E-state index contributed by atoms with van der Waals surface area (Å²) in [6.07, 6.45) is 0.776. The third kappa shape index (κ3) is 6.12. The molecule has 0 heterocycles. The van der Waals surface area contributed by atoms with Crippen molar-refractivity contribution in [2.45, 2.75) is 32.6 Å². The standard InChI is InChI=1S/C16H25FN2O2/c1-4-21-11-7-10-18-15(20)19-12-16(2,3)13-8-5-6-9-14(13)17/h5-6,8-9H,4,7,10-12H2,1-3H3,(H2,18,19,20). The molecule has 2 amide bonds. The molecule has 0 spiro atoms. The molecule has 0 aromatic heterocycles. The Kier molecular flexibility index (Phi) is 7.15. The van der Waals surface area contributed by atoms with E-state index in [1.54, 1.807) is 18.2 Å². The fourth-order valence-corrected chi connectivity index (χ4v) is 1.99. The fraction of sp³-hybridized carbons (Fsp3) is 0.562. The van der Waals surface area contributed by atoms with Gasteiger partial charge in [0.1, 0.15) is 5.82 Å². The van der Waals surface area contributed by atoms with E-state index in [0.717, 1.165) is 6.42 Å². The lowest BCUT2D eigenvalue weighted by Gasteiger charge is -2.26. The van der Waals surface area contributed by atoms with Crippen LogP contribution in [-0.2, 0) is 10.2 Å². The quantitative estimate of drug-likeness (QED) is 0.725. The van der Waals surface area contributed by atoms with Crippen molar-refractivity contribution in [1.29, 1.82) is 0 Å². The van der Waals surface area contributed by atoms with Crippen LogP contribution in [0.1, 0.15) is 32.8 Å². The first kappa shape index (κ1) is 17.4. The minimum Gasteiger partial charge on any atom is -0.382 e. The molecule has 0 fully saturated rings. The molecule has 1 rings (SSSR count). The highest BCUT2D eigenvalue weighted by atomic mass is 19.1. The van der Waals surface area contributed by atoms with Crippen molar-refractivity contribution in [3.8, 4) is 0 Å². The number of nitrogens with one attached hydrogen (secondary N) is 2. The molecule has 0 atom stereocenters. The first-order valence-electron chi connectivity index (χ1n) is 7.32. The predicted molar refractivity (Wildman–Crippen MR) is 81.9 cm³/mol. The molecular weight excluding hydrogens is 271 g/mol. The van der Waals surface area contributed by atoms with Gasteiger partial charge in [0, 0.05) is 31.7 Å². The maximum atomic E-state index is 13.8. The topological polar surface area (TPSA) is 50.4 Å². The molecule has 21 heavy (non-hydrogen) atoms. The van der Waals surface area contributed by atoms with Crippen LogP contribution in [0.2, 0.25) is 0 Å². The van der Waals surface area contributed by atoms with E-state index in [2.05, 4.69) is 10.6 Å². The van der Waals surface area contributed by atoms with Crippen molar-refractivity contribution < 1.29 is 13.9 Å². The number of amides is 2. The molecule has 0 bridgehead atoms. The zero-order chi connectivity index (χ0) is 15.7. The number of benzene rings is 1. The molecule has 4 nitrogen and oxygen atoms in total. The van der Waals surface area contributed by atoms with Crippen molar-refractivity contribution in [3.05, 3.63) is 35.6 Å². The van der Waals surface area contributed by atoms with Gasteiger partial charge in [0.2, 0.25) is 0 Å². The summed E-state index contributed by atoms with van der Waals surface area (Å²) in [6.45, 7) is 7.99. The zero-order valence-electron chi connectivity index (χ0n) is 13.0. The van der Waals surface area contributed by atoms with Crippen LogP contribution in [0.5, 0.6) is 0 Å². The first-order valence-corrected chi connectivity index (χ1v) is 7.32. The summed E-state index contributed by atoms with van der Waals surface area (Å²) in [4.78, 5) is 11.7. The molecule has 5 heteroatoms. The first-order chi connectivity index (χ1) is 9.97. The zero-order valence-corrected chi connectivity index (χ0v) is 13.0. The maximum absolute atomic E-state index is 13.8. The third-order valence-electron chi connectivity index (χ3n) is 3.25. The van der Waals surface area contributed by atoms with E-state index < -0.39 is 5.41 Å². The summed E-state index contributed by atoms with van der Waals surface area (Å²) < 4.78 is 19.0. The SMILES string of the molecule is CCOCCCNC(=O)NCC(C)(C)c1ccccc1F. The van der Waals surface area contributed by atoms with Crippen LogP contribution in [0, 0.1) is 5.82 Å². The Morgan fingerprint density at radius 1 is 1.29 bits per heavy atom. The summed E-state index contributed by atoms with van der Waals surface area (Å²) in [5.74, 6) is -0.249. The number of carbonyl (C=O) groups excluding carboxylic acids is 1. The molecule has 1 aromatic rings. The number of hydrogen-bond donors (Lipinski definition) is 2. The number of carbonyl (C=O) groups is 1. The number of rotatable bonds is 8. The highest BCUT2D eigenvalue weighted by molar-refractivity contribution is 5.73. The molecule has 2 N–H and O–H groups in total. The van der Waals surface area contributed by atoms with Gasteiger partial charge in [-0.3, -0.25) is 0 Å². The van der Waals surface area contributed by atoms with E-state index in [-0.39, 0.29) is 11.8 Å². The molecule has 0 radical (unpaired) electrons. The Morgan fingerprint density at radius 2 is 2.00 bits per heavy atom. The lowest BCUT2D eigenvalue weighted by atomic mass is 9.84. The minimum absolute atomic E-state index is 0.240. The van der Waals surface area contributed by atoms with Crippen LogP contribution in [0.15, 0.2) is 24.3 Å². The number of hydrogen-bond acceptors (Lipinski definition) is 2. The summed E-state index contributed by atoms with van der Waals surface area (Å²) in [6, 6.07) is 6.40. The van der Waals surface area contributed by atoms with Crippen molar-refractivity contribution in [2.24, 2.45) is 0 Å². The van der Waals surface area contributed by atoms with Crippen LogP contribution in [0.3, 0.4) is 0 Å². The van der Waals surface area contributed by atoms with Crippen LogP contribution >= 0.6 is 0 Å². The maximum Gasteiger partial charge on any atom is 0.314 e. The molecular formula is C16H25FN2O2. The van der Waals surface area contributed by atoms with Gasteiger partial charge in [-0.05, 0) is 25.0 Å². The van der Waals surface area contributed by atoms with Crippen molar-refractivity contribution >= 4 is 6.03 Å². The van der Waals surface area contributed by atoms with Gasteiger partial charge < -0.3 is 15.4 Å². The largest absolute Gasteiger partial charge is 0.382 e. The van der Waals surface area contributed by atoms with E-state index in [9.17, 15) is 9.18 Å². The molecule has 0 aliphatic heterocycles. The third-order valence-corrected chi connectivity index (χ3v) is 3.25. The lowest BCUT2D eigenvalue weighted by molar-refractivity contribution is 0.145. The predicted octanol–water partition coefficient (Wildman–Crippen LogP) is 2.83. The average molecular weight is 296 g/mol. The van der Waals surface area contributed by atoms with Gasteiger partial charge in [0.15, 0.2) is 0 Å². The second kappa shape index (κ2) is 8.62. The van der Waals surface area contributed by atoms with Gasteiger partial charge in [0.25, 0.3) is 0 Å². The van der Waals surface area contributed by atoms with E-state index in [1.807, 2.05) is 20.8 Å². The Morgan fingerprint density at radius 3 is 2.67 bits per heavy atom. The highest BCUT2D eigenvalue weighted by Crippen LogP contribution is 2.24. The van der Waals surface area contributed by atoms with Crippen molar-refractivity contribution in [2.75, 3.05) is 26.3 Å². The second-order valence-electron chi connectivity index (χ2n) is 5.52. The number of urea groups is 1. The van der Waals surface area contributed by atoms with Crippen molar-refractivity contribution in [3.63, 3.8) is 0 Å². The van der Waals surface area contributed by atoms with E-state index in [1.165, 1.54) is 6.07 Å². The highest BCUT2D eigenvalue weighted by Gasteiger charge is 2.24. The summed E-state index contributed by atoms with van der Waals surface area (Å²) in [5, 5.41) is 5.54. The molecule has 0 saturated heterocycles. The normalized spacial score (nSPS) is 11.2. The molecule has 118 valence electrons. The van der Waals surface area contributed by atoms with Gasteiger partial charge in [0.05, 0.1) is 0 Å². The Labute approximate surface area is 126 Å². The molecule has 0 aliphatic rings. The van der Waals surface area contributed by atoms with Gasteiger partial charge in [-0.2, -0.15) is 0 Å². The van der Waals surface area contributed by atoms with Crippen LogP contribution in [-0.4, -0.2) is 32.3 Å². The smallest absolute Gasteiger partial charge is 0.314 e. The lowest BCUT2D eigenvalue weighted by Crippen LogP contribution is -2.43. The fourth-order valence-electron chi connectivity index (χ4n) is 1.99. The van der Waals surface area contributed by atoms with Gasteiger partial charge >= 0.3 is 6.03 Å². The van der Waals surface area contributed by atoms with Crippen molar-refractivity contribution in [1.82, 2.24) is 10.6 Å². The van der Waals surface area contributed by atoms with Gasteiger partial charge in [-0.25, -0.2) is 9.18 Å². The van der Waals surface area contributed by atoms with E-state index in [4.69, 9.17) is 4.74 Å². The molecule has 0 aliphatic carbocycles. The summed E-state index contributed by atoms with van der Waals surface area (Å²) in [5.41, 5.74) is 0.134. The van der Waals surface area contributed by atoms with Crippen LogP contribution in [0.4, 0.5) is 9.18 Å². The van der Waals surface area contributed by atoms with Crippen LogP contribution < -0.4 is 10.6 Å². The molecule has 0 unspecified atom stereocenters. The molecule has 1 aromatic carbocycles. The Bertz CT molecular complexity index is 450. The summed E-state index contributed by atoms with van der Waals surface area (Å²) >= 11 is 0. The second-order valence-corrected chi connectivity index (χ2v) is 5.52. The van der Waals surface area contributed by atoms with E-state index in [0.29, 0.717) is 31.9 Å². The Hall–Kier alpha value is -1.62. The average Bonchev–Trinajstić information content (AvgIpc) is 2.45. The van der Waals surface area contributed by atoms with Crippen LogP contribution in [0.25, 0.3) is 0 Å². The summed E-state index contributed by atoms with van der Waals surface area (Å²) in [7, 11) is 0. The van der Waals surface area contributed by atoms with Gasteiger partial charge in [-0.1, -0.05) is 32.0 Å². The molecule has 0 saturated carbocycles. The number of ether oxygens (including phenoxy) is 1.